The Bertz CT molecular complexity index is 864. The maximum Gasteiger partial charge on any atom is 0.319 e. The van der Waals surface area contributed by atoms with E-state index in [4.69, 9.17) is 9.47 Å². The molecule has 0 aliphatic heterocycles. The minimum atomic E-state index is -0.262. The Morgan fingerprint density at radius 3 is 2.54 bits per heavy atom. The molecule has 0 radical (unpaired) electrons. The first-order chi connectivity index (χ1) is 13.7. The van der Waals surface area contributed by atoms with E-state index >= 15 is 0 Å². The van der Waals surface area contributed by atoms with Crippen molar-refractivity contribution < 1.29 is 14.3 Å². The van der Waals surface area contributed by atoms with E-state index in [1.807, 2.05) is 53.3 Å². The summed E-state index contributed by atoms with van der Waals surface area (Å²) < 4.78 is 12.3. The Balaban J connectivity index is 1.50. The second-order valence-electron chi connectivity index (χ2n) is 6.15. The number of methoxy groups -OCH3 is 1. The van der Waals surface area contributed by atoms with Crippen LogP contribution in [0.3, 0.4) is 0 Å². The number of urea groups is 1. The van der Waals surface area contributed by atoms with Crippen LogP contribution in [0.5, 0.6) is 5.75 Å². The number of hydrogen-bond donors (Lipinski definition) is 2. The zero-order chi connectivity index (χ0) is 19.6. The molecule has 0 aliphatic carbocycles. The van der Waals surface area contributed by atoms with Crippen molar-refractivity contribution in [3.8, 4) is 5.75 Å². The number of aromatic nitrogens is 2. The third-order valence-electron chi connectivity index (χ3n) is 4.12. The molecule has 7 heteroatoms. The van der Waals surface area contributed by atoms with Crippen molar-refractivity contribution in [2.24, 2.45) is 0 Å². The third-order valence-corrected chi connectivity index (χ3v) is 4.12. The number of benzene rings is 2. The number of ether oxygens (including phenoxy) is 2. The van der Waals surface area contributed by atoms with Crippen molar-refractivity contribution in [1.82, 2.24) is 15.1 Å². The summed E-state index contributed by atoms with van der Waals surface area (Å²) in [6, 6.07) is 16.8. The molecule has 3 rings (SSSR count). The maximum atomic E-state index is 12.2. The quantitative estimate of drug-likeness (QED) is 0.559. The molecule has 0 saturated carbocycles. The van der Waals surface area contributed by atoms with Crippen LogP contribution in [-0.2, 0) is 17.8 Å². The fourth-order valence-corrected chi connectivity index (χ4v) is 2.68. The van der Waals surface area contributed by atoms with Crippen LogP contribution in [0.25, 0.3) is 0 Å². The van der Waals surface area contributed by atoms with Gasteiger partial charge in [0.15, 0.2) is 0 Å². The van der Waals surface area contributed by atoms with Crippen LogP contribution in [0.15, 0.2) is 67.0 Å². The van der Waals surface area contributed by atoms with E-state index in [0.29, 0.717) is 32.0 Å². The molecule has 0 bridgehead atoms. The van der Waals surface area contributed by atoms with Crippen molar-refractivity contribution in [1.29, 1.82) is 0 Å². The Labute approximate surface area is 164 Å². The zero-order valence-electron chi connectivity index (χ0n) is 15.8. The number of nitrogens with zero attached hydrogens (tertiary/aromatic N) is 2. The smallest absolute Gasteiger partial charge is 0.319 e. The van der Waals surface area contributed by atoms with E-state index in [9.17, 15) is 4.79 Å². The first kappa shape index (κ1) is 19.4. The highest BCUT2D eigenvalue weighted by atomic mass is 16.5. The predicted octanol–water partition coefficient (Wildman–Crippen LogP) is 3.28. The van der Waals surface area contributed by atoms with Crippen molar-refractivity contribution in [2.75, 3.05) is 25.6 Å². The van der Waals surface area contributed by atoms with Gasteiger partial charge in [0.05, 0.1) is 13.2 Å². The van der Waals surface area contributed by atoms with Crippen molar-refractivity contribution in [3.63, 3.8) is 0 Å². The van der Waals surface area contributed by atoms with E-state index in [1.54, 1.807) is 25.4 Å². The predicted molar refractivity (Wildman–Crippen MR) is 107 cm³/mol. The van der Waals surface area contributed by atoms with Gasteiger partial charge in [0.25, 0.3) is 0 Å². The van der Waals surface area contributed by atoms with Gasteiger partial charge in [-0.1, -0.05) is 24.3 Å². The first-order valence-corrected chi connectivity index (χ1v) is 9.05. The molecular formula is C21H24N4O3. The molecule has 0 fully saturated rings. The minimum Gasteiger partial charge on any atom is -0.491 e. The summed E-state index contributed by atoms with van der Waals surface area (Å²) >= 11 is 0. The van der Waals surface area contributed by atoms with Gasteiger partial charge in [-0.3, -0.25) is 4.68 Å². The monoisotopic (exact) mass is 380 g/mol. The van der Waals surface area contributed by atoms with Crippen molar-refractivity contribution in [2.45, 2.75) is 13.1 Å². The Morgan fingerprint density at radius 2 is 1.82 bits per heavy atom. The van der Waals surface area contributed by atoms with Crippen LogP contribution in [-0.4, -0.2) is 36.1 Å². The molecule has 7 nitrogen and oxygen atoms in total. The molecule has 0 spiro atoms. The van der Waals surface area contributed by atoms with Gasteiger partial charge in [-0.2, -0.15) is 5.10 Å². The number of nitrogens with one attached hydrogen (secondary N) is 2. The summed E-state index contributed by atoms with van der Waals surface area (Å²) in [5.74, 6) is 0.732. The lowest BCUT2D eigenvalue weighted by molar-refractivity contribution is 0.146. The van der Waals surface area contributed by atoms with Crippen LogP contribution < -0.4 is 15.4 Å². The van der Waals surface area contributed by atoms with E-state index < -0.39 is 0 Å². The average Bonchev–Trinajstić information content (AvgIpc) is 3.22. The fourth-order valence-electron chi connectivity index (χ4n) is 2.68. The third kappa shape index (κ3) is 5.85. The lowest BCUT2D eigenvalue weighted by atomic mass is 10.1. The summed E-state index contributed by atoms with van der Waals surface area (Å²) in [6.07, 6.45) is 3.67. The highest BCUT2D eigenvalue weighted by molar-refractivity contribution is 5.89. The molecule has 3 aromatic rings. The molecule has 0 aliphatic rings. The number of rotatable bonds is 9. The second kappa shape index (κ2) is 10.1. The lowest BCUT2D eigenvalue weighted by Crippen LogP contribution is -2.28. The van der Waals surface area contributed by atoms with E-state index in [2.05, 4.69) is 15.7 Å². The Kier molecular flexibility index (Phi) is 7.03. The minimum absolute atomic E-state index is 0.262. The number of carbonyl (C=O) groups excluding carboxylic acids is 1. The molecule has 0 saturated heterocycles. The number of carbonyl (C=O) groups is 1. The fraction of sp³-hybridized carbons (Fsp3) is 0.238. The summed E-state index contributed by atoms with van der Waals surface area (Å²) in [7, 11) is 1.63. The molecule has 2 aromatic carbocycles. The number of anilines is 1. The molecular weight excluding hydrogens is 356 g/mol. The molecule has 28 heavy (non-hydrogen) atoms. The largest absolute Gasteiger partial charge is 0.491 e. The van der Waals surface area contributed by atoms with Crippen molar-refractivity contribution >= 4 is 11.7 Å². The van der Waals surface area contributed by atoms with Crippen molar-refractivity contribution in [3.05, 3.63) is 78.1 Å². The lowest BCUT2D eigenvalue weighted by Gasteiger charge is -2.12. The first-order valence-electron chi connectivity index (χ1n) is 9.05. The van der Waals surface area contributed by atoms with Crippen LogP contribution in [0.1, 0.15) is 11.1 Å². The second-order valence-corrected chi connectivity index (χ2v) is 6.15. The van der Waals surface area contributed by atoms with Gasteiger partial charge >= 0.3 is 6.03 Å². The highest BCUT2D eigenvalue weighted by Crippen LogP contribution is 2.16. The molecule has 0 atom stereocenters. The average molecular weight is 380 g/mol. The van der Waals surface area contributed by atoms with Gasteiger partial charge in [-0.25, -0.2) is 4.79 Å². The summed E-state index contributed by atoms with van der Waals surface area (Å²) in [4.78, 5) is 12.2. The highest BCUT2D eigenvalue weighted by Gasteiger charge is 2.06. The van der Waals surface area contributed by atoms with Gasteiger partial charge < -0.3 is 20.1 Å². The Hall–Kier alpha value is -3.32. The van der Waals surface area contributed by atoms with Gasteiger partial charge in [-0.15, -0.1) is 0 Å². The van der Waals surface area contributed by atoms with E-state index in [-0.39, 0.29) is 6.03 Å². The molecule has 2 amide bonds. The normalized spacial score (nSPS) is 10.5. The topological polar surface area (TPSA) is 77.4 Å². The number of hydrogen-bond acceptors (Lipinski definition) is 4. The van der Waals surface area contributed by atoms with Gasteiger partial charge in [0.1, 0.15) is 12.4 Å². The summed E-state index contributed by atoms with van der Waals surface area (Å²) in [6.45, 7) is 2.12. The van der Waals surface area contributed by atoms with E-state index in [0.717, 1.165) is 16.9 Å². The van der Waals surface area contributed by atoms with E-state index in [1.165, 1.54) is 0 Å². The zero-order valence-corrected chi connectivity index (χ0v) is 15.8. The van der Waals surface area contributed by atoms with Crippen LogP contribution in [0, 0.1) is 0 Å². The van der Waals surface area contributed by atoms with Gasteiger partial charge in [0.2, 0.25) is 0 Å². The van der Waals surface area contributed by atoms with Crippen LogP contribution in [0.2, 0.25) is 0 Å². The standard InChI is InChI=1S/C21H24N4O3/c1-27-13-14-28-20-9-7-19(8-10-20)24-21(26)22-15-17-5-2-3-6-18(17)16-25-12-4-11-23-25/h2-12H,13-16H2,1H3,(H2,22,24,26). The van der Waals surface area contributed by atoms with Crippen LogP contribution in [0.4, 0.5) is 10.5 Å². The molecule has 1 aromatic heterocycles. The summed E-state index contributed by atoms with van der Waals surface area (Å²) in [5, 5.41) is 9.95. The SMILES string of the molecule is COCCOc1ccc(NC(=O)NCc2ccccc2Cn2cccn2)cc1. The van der Waals surface area contributed by atoms with Gasteiger partial charge in [0, 0.05) is 31.7 Å². The molecule has 1 heterocycles. The summed E-state index contributed by atoms with van der Waals surface area (Å²) in [5.41, 5.74) is 2.86. The molecule has 2 N–H and O–H groups in total. The molecule has 146 valence electrons. The van der Waals surface area contributed by atoms with Crippen LogP contribution >= 0.6 is 0 Å². The van der Waals surface area contributed by atoms with Gasteiger partial charge in [-0.05, 0) is 41.5 Å². The Morgan fingerprint density at radius 1 is 1.04 bits per heavy atom. The maximum absolute atomic E-state index is 12.2. The molecule has 0 unspecified atom stereocenters. The number of amides is 2.